The van der Waals surface area contributed by atoms with Crippen molar-refractivity contribution in [2.45, 2.75) is 18.9 Å². The number of benzene rings is 1. The fourth-order valence-electron chi connectivity index (χ4n) is 2.06. The van der Waals surface area contributed by atoms with Gasteiger partial charge in [-0.2, -0.15) is 0 Å². The number of likely N-dealkylation sites (tertiary alicyclic amines) is 1. The van der Waals surface area contributed by atoms with Crippen LogP contribution in [0.2, 0.25) is 0 Å². The van der Waals surface area contributed by atoms with Gasteiger partial charge in [0.1, 0.15) is 17.7 Å². The van der Waals surface area contributed by atoms with Gasteiger partial charge in [-0.25, -0.2) is 4.39 Å². The second-order valence-corrected chi connectivity index (χ2v) is 6.16. The third-order valence-electron chi connectivity index (χ3n) is 3.01. The molecule has 0 saturated carbocycles. The van der Waals surface area contributed by atoms with Crippen molar-refractivity contribution in [1.82, 2.24) is 4.90 Å². The Labute approximate surface area is 122 Å². The summed E-state index contributed by atoms with van der Waals surface area (Å²) < 4.78 is 40.5. The van der Waals surface area contributed by atoms with Crippen molar-refractivity contribution in [2.75, 3.05) is 19.0 Å². The van der Waals surface area contributed by atoms with E-state index in [1.165, 1.54) is 12.1 Å². The van der Waals surface area contributed by atoms with Crippen molar-refractivity contribution in [3.63, 3.8) is 0 Å². The molecule has 1 aromatic rings. The molecule has 1 aliphatic heterocycles. The van der Waals surface area contributed by atoms with E-state index in [9.17, 15) is 13.2 Å². The number of ether oxygens (including phenoxy) is 1. The van der Waals surface area contributed by atoms with E-state index in [-0.39, 0.29) is 17.8 Å². The molecule has 4 nitrogen and oxygen atoms in total. The molecule has 0 aliphatic carbocycles. The van der Waals surface area contributed by atoms with Crippen molar-refractivity contribution in [3.8, 4) is 5.75 Å². The van der Waals surface area contributed by atoms with Crippen LogP contribution >= 0.6 is 15.9 Å². The highest BCUT2D eigenvalue weighted by Crippen LogP contribution is 2.28. The van der Waals surface area contributed by atoms with Crippen LogP contribution in [0.4, 0.5) is 4.39 Å². The molecule has 7 heteroatoms. The van der Waals surface area contributed by atoms with Crippen molar-refractivity contribution >= 4 is 27.0 Å². The Balaban J connectivity index is 1.87. The molecule has 1 aliphatic rings. The van der Waals surface area contributed by atoms with Gasteiger partial charge in [0, 0.05) is 13.1 Å². The number of hydrogen-bond acceptors (Lipinski definition) is 4. The van der Waals surface area contributed by atoms with E-state index in [0.29, 0.717) is 23.3 Å². The monoisotopic (exact) mass is 350 g/mol. The molecule has 1 saturated heterocycles. The van der Waals surface area contributed by atoms with Crippen LogP contribution in [0.5, 0.6) is 5.75 Å². The molecule has 2 rings (SSSR count). The maximum Gasteiger partial charge on any atom is 0.134 e. The van der Waals surface area contributed by atoms with E-state index in [1.807, 2.05) is 4.90 Å². The lowest BCUT2D eigenvalue weighted by atomic mass is 10.1. The molecule has 106 valence electrons. The summed E-state index contributed by atoms with van der Waals surface area (Å²) in [6.45, 7) is 1.38. The van der Waals surface area contributed by atoms with E-state index in [2.05, 4.69) is 15.9 Å². The summed E-state index contributed by atoms with van der Waals surface area (Å²) >= 11 is 1.23. The highest BCUT2D eigenvalue weighted by Gasteiger charge is 2.21. The molecule has 0 bridgehead atoms. The summed E-state index contributed by atoms with van der Waals surface area (Å²) in [5.41, 5.74) is 0. The first-order valence-electron chi connectivity index (χ1n) is 5.94. The smallest absolute Gasteiger partial charge is 0.134 e. The van der Waals surface area contributed by atoms with Crippen molar-refractivity contribution in [1.29, 1.82) is 0 Å². The Bertz CT molecular complexity index is 466. The van der Waals surface area contributed by atoms with Gasteiger partial charge in [-0.15, -0.1) is 0 Å². The first kappa shape index (κ1) is 14.9. The van der Waals surface area contributed by atoms with E-state index in [1.54, 1.807) is 6.07 Å². The number of halogens is 2. The van der Waals surface area contributed by atoms with Crippen LogP contribution in [-0.4, -0.2) is 38.7 Å². The van der Waals surface area contributed by atoms with Crippen LogP contribution < -0.4 is 4.74 Å². The van der Waals surface area contributed by atoms with E-state index >= 15 is 0 Å². The molecule has 1 unspecified atom stereocenters. The van der Waals surface area contributed by atoms with Gasteiger partial charge in [0.05, 0.1) is 10.3 Å². The van der Waals surface area contributed by atoms with Crippen LogP contribution in [0.25, 0.3) is 0 Å². The molecule has 0 radical (unpaired) electrons. The summed E-state index contributed by atoms with van der Waals surface area (Å²) in [5, 5.41) is 0. The average Bonchev–Trinajstić information content (AvgIpc) is 2.34. The van der Waals surface area contributed by atoms with Gasteiger partial charge < -0.3 is 9.29 Å². The largest absolute Gasteiger partial charge is 0.771 e. The first-order valence-corrected chi connectivity index (χ1v) is 7.98. The van der Waals surface area contributed by atoms with Crippen LogP contribution in [0, 0.1) is 5.82 Å². The second-order valence-electron chi connectivity index (χ2n) is 4.44. The van der Waals surface area contributed by atoms with E-state index < -0.39 is 11.1 Å². The lowest BCUT2D eigenvalue weighted by Crippen LogP contribution is -2.39. The minimum atomic E-state index is -2.03. The third kappa shape index (κ3) is 4.52. The predicted octanol–water partition coefficient (Wildman–Crippen LogP) is 2.27. The highest BCUT2D eigenvalue weighted by molar-refractivity contribution is 9.10. The van der Waals surface area contributed by atoms with E-state index in [4.69, 9.17) is 4.74 Å². The summed E-state index contributed by atoms with van der Waals surface area (Å²) in [5.74, 6) is 0.381. The standard InChI is InChI=1S/C12H15BrFNO3S/c13-11-7-9(14)1-2-12(11)18-10-3-5-15(6-4-10)8-19(16)17/h1-2,7,10H,3-6,8H2,(H,16,17)/p-1. The lowest BCUT2D eigenvalue weighted by Gasteiger charge is -2.32. The summed E-state index contributed by atoms with van der Waals surface area (Å²) in [4.78, 5) is 1.88. The molecule has 19 heavy (non-hydrogen) atoms. The molecule has 0 amide bonds. The van der Waals surface area contributed by atoms with Crippen LogP contribution in [0.3, 0.4) is 0 Å². The van der Waals surface area contributed by atoms with Crippen LogP contribution in [0.1, 0.15) is 12.8 Å². The van der Waals surface area contributed by atoms with Gasteiger partial charge in [-0.1, -0.05) is 0 Å². The number of hydrogen-bond donors (Lipinski definition) is 0. The summed E-state index contributed by atoms with van der Waals surface area (Å²) in [6.07, 6.45) is 1.57. The Morgan fingerprint density at radius 2 is 2.16 bits per heavy atom. The lowest BCUT2D eigenvalue weighted by molar-refractivity contribution is 0.109. The zero-order chi connectivity index (χ0) is 13.8. The van der Waals surface area contributed by atoms with Crippen molar-refractivity contribution in [3.05, 3.63) is 28.5 Å². The maximum atomic E-state index is 12.9. The predicted molar refractivity (Wildman–Crippen MR) is 73.1 cm³/mol. The molecular weight excluding hydrogens is 337 g/mol. The normalized spacial score (nSPS) is 19.3. The number of rotatable bonds is 4. The minimum Gasteiger partial charge on any atom is -0.771 e. The Morgan fingerprint density at radius 1 is 1.47 bits per heavy atom. The van der Waals surface area contributed by atoms with Crippen LogP contribution in [-0.2, 0) is 11.1 Å². The topological polar surface area (TPSA) is 52.6 Å². The Hall–Kier alpha value is -0.500. The molecule has 1 heterocycles. The zero-order valence-electron chi connectivity index (χ0n) is 10.2. The molecule has 1 fully saturated rings. The highest BCUT2D eigenvalue weighted by atomic mass is 79.9. The fraction of sp³-hybridized carbons (Fsp3) is 0.500. The quantitative estimate of drug-likeness (QED) is 0.781. The summed E-state index contributed by atoms with van der Waals surface area (Å²) in [6, 6.07) is 4.32. The second kappa shape index (κ2) is 6.78. The number of piperidine rings is 1. The van der Waals surface area contributed by atoms with Gasteiger partial charge >= 0.3 is 0 Å². The Morgan fingerprint density at radius 3 is 2.74 bits per heavy atom. The molecule has 0 N–H and O–H groups in total. The molecule has 0 aromatic heterocycles. The summed E-state index contributed by atoms with van der Waals surface area (Å²) in [7, 11) is 0. The zero-order valence-corrected chi connectivity index (χ0v) is 12.6. The first-order chi connectivity index (χ1) is 9.04. The molecule has 0 spiro atoms. The fourth-order valence-corrected chi connectivity index (χ4v) is 3.06. The number of nitrogens with zero attached hydrogens (tertiary/aromatic N) is 1. The van der Waals surface area contributed by atoms with Crippen molar-refractivity contribution < 1.29 is 17.9 Å². The van der Waals surface area contributed by atoms with Gasteiger partial charge in [-0.3, -0.25) is 9.11 Å². The SMILES string of the molecule is O=S([O-])CN1CCC(Oc2ccc(F)cc2Br)CC1. The maximum absolute atomic E-state index is 12.9. The molecule has 1 atom stereocenters. The van der Waals surface area contributed by atoms with Gasteiger partial charge in [-0.05, 0) is 58.1 Å². The third-order valence-corrected chi connectivity index (χ3v) is 4.21. The van der Waals surface area contributed by atoms with E-state index in [0.717, 1.165) is 12.8 Å². The molecule has 1 aromatic carbocycles. The van der Waals surface area contributed by atoms with Crippen LogP contribution in [0.15, 0.2) is 22.7 Å². The molecular formula is C12H14BrFNO3S-. The minimum absolute atomic E-state index is 0.0399. The van der Waals surface area contributed by atoms with Gasteiger partial charge in [0.15, 0.2) is 0 Å². The van der Waals surface area contributed by atoms with Crippen molar-refractivity contribution in [2.24, 2.45) is 0 Å². The van der Waals surface area contributed by atoms with Gasteiger partial charge in [0.2, 0.25) is 0 Å². The average molecular weight is 351 g/mol. The Kier molecular flexibility index (Phi) is 5.32. The van der Waals surface area contributed by atoms with Gasteiger partial charge in [0.25, 0.3) is 0 Å².